The summed E-state index contributed by atoms with van der Waals surface area (Å²) in [6.07, 6.45) is 8.02. The Morgan fingerprint density at radius 2 is 1.53 bits per heavy atom. The van der Waals surface area contributed by atoms with Crippen molar-refractivity contribution < 1.29 is 0 Å². The fourth-order valence-electron chi connectivity index (χ4n) is 1.65. The second kappa shape index (κ2) is 10.6. The van der Waals surface area contributed by atoms with Crippen molar-refractivity contribution in [3.63, 3.8) is 0 Å². The first-order valence-corrected chi connectivity index (χ1v) is 16.3. The number of hydrogen-bond donors (Lipinski definition) is 0. The van der Waals surface area contributed by atoms with Gasteiger partial charge in [0.2, 0.25) is 0 Å². The fourth-order valence-corrected chi connectivity index (χ4v) is 9.83. The molecule has 1 nitrogen and oxygen atoms in total. The molecule has 0 aromatic carbocycles. The van der Waals surface area contributed by atoms with E-state index in [0.717, 1.165) is 6.54 Å². The molecule has 0 rings (SSSR count). The molecule has 0 aliphatic rings. The number of hydrogen-bond acceptors (Lipinski definition) is 0. The molecule has 0 aromatic rings. The monoisotopic (exact) mass is 361 g/mol. The third-order valence-corrected chi connectivity index (χ3v) is 11.6. The zero-order chi connectivity index (χ0) is 13.1. The van der Waals surface area contributed by atoms with Gasteiger partial charge in [0.25, 0.3) is 0 Å². The van der Waals surface area contributed by atoms with E-state index in [9.17, 15) is 0 Å². The zero-order valence-corrected chi connectivity index (χ0v) is 16.4. The molecule has 0 radical (unpaired) electrons. The van der Waals surface area contributed by atoms with Crippen molar-refractivity contribution in [2.24, 2.45) is 0 Å². The van der Waals surface area contributed by atoms with Crippen LogP contribution in [0, 0.1) is 0 Å². The van der Waals surface area contributed by atoms with Crippen LogP contribution in [0.5, 0.6) is 0 Å². The fraction of sp³-hybridized carbons (Fsp3) is 0.857. The van der Waals surface area contributed by atoms with Gasteiger partial charge < -0.3 is 0 Å². The van der Waals surface area contributed by atoms with Crippen LogP contribution in [-0.2, 0) is 0 Å². The van der Waals surface area contributed by atoms with Gasteiger partial charge in [-0.2, -0.15) is 0 Å². The van der Waals surface area contributed by atoms with Crippen LogP contribution in [-0.4, -0.2) is 34.5 Å². The van der Waals surface area contributed by atoms with Gasteiger partial charge in [-0.25, -0.2) is 0 Å². The van der Waals surface area contributed by atoms with Gasteiger partial charge in [-0.15, -0.1) is 0 Å². The van der Waals surface area contributed by atoms with Crippen molar-refractivity contribution in [1.82, 2.24) is 0 Å². The van der Waals surface area contributed by atoms with Gasteiger partial charge in [-0.05, 0) is 0 Å². The van der Waals surface area contributed by atoms with Crippen molar-refractivity contribution >= 4 is 28.0 Å². The minimum absolute atomic E-state index is 0.984. The minimum atomic E-state index is -1.18. The van der Waals surface area contributed by atoms with E-state index in [2.05, 4.69) is 43.7 Å². The Bertz CT molecular complexity index is 191. The van der Waals surface area contributed by atoms with Crippen molar-refractivity contribution in [1.29, 1.82) is 0 Å². The van der Waals surface area contributed by atoms with Gasteiger partial charge in [-0.1, -0.05) is 0 Å². The first-order chi connectivity index (χ1) is 7.99. The average molecular weight is 360 g/mol. The predicted molar refractivity (Wildman–Crippen MR) is 85.9 cm³/mol. The van der Waals surface area contributed by atoms with Crippen LogP contribution in [0.2, 0.25) is 28.5 Å². The summed E-state index contributed by atoms with van der Waals surface area (Å²) in [5, 5.41) is 0. The molecule has 0 aliphatic heterocycles. The molecule has 0 saturated carbocycles. The molecule has 0 aliphatic carbocycles. The molecule has 0 unspecified atom stereocenters. The summed E-state index contributed by atoms with van der Waals surface area (Å²) < 4.78 is 5.74. The van der Waals surface area contributed by atoms with E-state index in [4.69, 9.17) is 4.98 Å². The number of unbranched alkanes of at least 4 members (excludes halogenated alkanes) is 2. The summed E-state index contributed by atoms with van der Waals surface area (Å²) in [5.74, 6) is 0. The quantitative estimate of drug-likeness (QED) is 0.464. The topological polar surface area (TPSA) is 14.1 Å². The van der Waals surface area contributed by atoms with E-state index >= 15 is 0 Å². The Labute approximate surface area is 117 Å². The van der Waals surface area contributed by atoms with Crippen molar-refractivity contribution in [3.8, 4) is 0 Å². The maximum absolute atomic E-state index is 4.77. The normalized spacial score (nSPS) is 12.3. The van der Waals surface area contributed by atoms with E-state index in [0.29, 0.717) is 0 Å². The molecule has 0 heterocycles. The maximum atomic E-state index is 4.77. The molecule has 0 atom stereocenters. The molecule has 0 saturated heterocycles. The van der Waals surface area contributed by atoms with Crippen LogP contribution in [0.1, 0.15) is 39.5 Å². The third-order valence-electron chi connectivity index (χ3n) is 2.73. The van der Waals surface area contributed by atoms with Crippen molar-refractivity contribution in [2.45, 2.75) is 68.0 Å². The van der Waals surface area contributed by atoms with Gasteiger partial charge in [-0.3, -0.25) is 0 Å². The molecule has 0 spiro atoms. The van der Waals surface area contributed by atoms with Gasteiger partial charge >= 0.3 is 118 Å². The Morgan fingerprint density at radius 3 is 1.94 bits per heavy atom. The van der Waals surface area contributed by atoms with E-state index in [-0.39, 0.29) is 0 Å². The van der Waals surface area contributed by atoms with Crippen LogP contribution in [0.25, 0.3) is 4.98 Å². The SMILES string of the molecule is CCC[CH2][Sn+](/[CH]=C\C[N-][Si](C)(C)C)[CH2]CCC. The van der Waals surface area contributed by atoms with Gasteiger partial charge in [0.15, 0.2) is 0 Å². The Morgan fingerprint density at radius 1 is 1.00 bits per heavy atom. The molecule has 0 fully saturated rings. The second-order valence-corrected chi connectivity index (χ2v) is 18.0. The van der Waals surface area contributed by atoms with Crippen LogP contribution in [0.4, 0.5) is 0 Å². The number of rotatable bonds is 10. The van der Waals surface area contributed by atoms with Crippen molar-refractivity contribution in [3.05, 3.63) is 15.2 Å². The summed E-state index contributed by atoms with van der Waals surface area (Å²) in [6.45, 7) is 12.5. The molecule has 100 valence electrons. The second-order valence-electron chi connectivity index (χ2n) is 5.78. The van der Waals surface area contributed by atoms with E-state index in [1.165, 1.54) is 25.7 Å². The first kappa shape index (κ1) is 17.7. The van der Waals surface area contributed by atoms with Gasteiger partial charge in [0, 0.05) is 0 Å². The molecule has 3 heteroatoms. The van der Waals surface area contributed by atoms with Crippen LogP contribution in [0.15, 0.2) is 10.2 Å². The molecule has 0 aromatic heterocycles. The van der Waals surface area contributed by atoms with Gasteiger partial charge in [0.05, 0.1) is 0 Å². The molecule has 0 bridgehead atoms. The summed E-state index contributed by atoms with van der Waals surface area (Å²) >= 11 is -1.15. The van der Waals surface area contributed by atoms with E-state index in [1.807, 2.05) is 0 Å². The Hall–Kier alpha value is 0.716. The predicted octanol–water partition coefficient (Wildman–Crippen LogP) is 5.39. The molecule has 17 heavy (non-hydrogen) atoms. The summed E-state index contributed by atoms with van der Waals surface area (Å²) in [4.78, 5) is 4.77. The van der Waals surface area contributed by atoms with E-state index in [1.54, 1.807) is 8.87 Å². The Balaban J connectivity index is 3.90. The third kappa shape index (κ3) is 13.0. The van der Waals surface area contributed by atoms with Crippen LogP contribution >= 0.6 is 0 Å². The Kier molecular flexibility index (Phi) is 11.1. The van der Waals surface area contributed by atoms with E-state index < -0.39 is 28.0 Å². The average Bonchev–Trinajstić information content (AvgIpc) is 2.25. The van der Waals surface area contributed by atoms with Crippen LogP contribution < -0.4 is 0 Å². The number of nitrogens with zero attached hydrogens (tertiary/aromatic N) is 1. The zero-order valence-electron chi connectivity index (χ0n) is 12.6. The standard InChI is InChI=1S/C6H13NSi.2C4H9.Sn/c1-5-6-7-8(2,3)4;2*1-3-4-2;/h1,5H,6H2,2-4H3;2*1,3-4H2,2H3;/q-1;;;+1. The van der Waals surface area contributed by atoms with Gasteiger partial charge in [0.1, 0.15) is 0 Å². The first-order valence-electron chi connectivity index (χ1n) is 7.19. The molecular weight excluding hydrogens is 329 g/mol. The van der Waals surface area contributed by atoms with Crippen LogP contribution in [0.3, 0.4) is 0 Å². The molecular formula is C14H31NSiSn. The summed E-state index contributed by atoms with van der Waals surface area (Å²) in [6, 6.07) is 0. The van der Waals surface area contributed by atoms with Crippen molar-refractivity contribution in [2.75, 3.05) is 6.54 Å². The molecule has 0 N–H and O–H groups in total. The molecule has 0 amide bonds. The summed E-state index contributed by atoms with van der Waals surface area (Å²) in [5.41, 5.74) is 0. The summed E-state index contributed by atoms with van der Waals surface area (Å²) in [7, 11) is -1.18.